The fraction of sp³-hybridized carbons (Fsp3) is 0. The van der Waals surface area contributed by atoms with E-state index in [1.54, 1.807) is 0 Å². The van der Waals surface area contributed by atoms with Crippen molar-refractivity contribution in [1.29, 1.82) is 0 Å². The van der Waals surface area contributed by atoms with Crippen LogP contribution in [0.5, 0.6) is 0 Å². The van der Waals surface area contributed by atoms with Gasteiger partial charge in [0.2, 0.25) is 0 Å². The standard InChI is InChI=1S/C48H31N3/c1-3-15-34(16-4-1)49-45-25-12-9-22-39(45)41-30-48-42(31-47(41)49)40-27-26-33(29-46(40)50(48)35-17-5-2-6-18-35)32-14-13-19-36(28-32)51-43-23-10-7-20-37(43)38-21-8-11-24-44(38)51/h1-31H. The number of benzene rings is 8. The summed E-state index contributed by atoms with van der Waals surface area (Å²) in [6.07, 6.45) is 0. The van der Waals surface area contributed by atoms with E-state index in [-0.39, 0.29) is 0 Å². The zero-order valence-corrected chi connectivity index (χ0v) is 27.7. The molecule has 0 amide bonds. The van der Waals surface area contributed by atoms with Crippen LogP contribution in [0.3, 0.4) is 0 Å². The number of hydrogen-bond donors (Lipinski definition) is 0. The van der Waals surface area contributed by atoms with Crippen LogP contribution in [0.1, 0.15) is 0 Å². The molecule has 8 aromatic carbocycles. The lowest BCUT2D eigenvalue weighted by Crippen LogP contribution is -1.95. The van der Waals surface area contributed by atoms with Crippen molar-refractivity contribution in [3.05, 3.63) is 188 Å². The van der Waals surface area contributed by atoms with Crippen molar-refractivity contribution in [2.45, 2.75) is 0 Å². The van der Waals surface area contributed by atoms with E-state index in [9.17, 15) is 0 Å². The average Bonchev–Trinajstić information content (AvgIpc) is 3.83. The van der Waals surface area contributed by atoms with Crippen molar-refractivity contribution in [3.8, 4) is 28.2 Å². The fourth-order valence-electron chi connectivity index (χ4n) is 8.39. The number of para-hydroxylation sites is 5. The van der Waals surface area contributed by atoms with Crippen LogP contribution in [0, 0.1) is 0 Å². The average molecular weight is 650 g/mol. The van der Waals surface area contributed by atoms with Crippen LogP contribution >= 0.6 is 0 Å². The highest BCUT2D eigenvalue weighted by molar-refractivity contribution is 6.19. The molecule has 238 valence electrons. The van der Waals surface area contributed by atoms with E-state index in [0.717, 1.165) is 11.4 Å². The van der Waals surface area contributed by atoms with E-state index in [0.29, 0.717) is 0 Å². The van der Waals surface area contributed by atoms with Gasteiger partial charge in [-0.15, -0.1) is 0 Å². The molecule has 3 heterocycles. The molecule has 0 aliphatic carbocycles. The number of aromatic nitrogens is 3. The van der Waals surface area contributed by atoms with E-state index in [2.05, 4.69) is 202 Å². The summed E-state index contributed by atoms with van der Waals surface area (Å²) < 4.78 is 7.24. The summed E-state index contributed by atoms with van der Waals surface area (Å²) in [4.78, 5) is 0. The number of fused-ring (bicyclic) bond motifs is 9. The largest absolute Gasteiger partial charge is 0.309 e. The van der Waals surface area contributed by atoms with Gasteiger partial charge in [0.25, 0.3) is 0 Å². The molecule has 3 nitrogen and oxygen atoms in total. The highest BCUT2D eigenvalue weighted by atomic mass is 15.0. The third-order valence-electron chi connectivity index (χ3n) is 10.6. The Morgan fingerprint density at radius 3 is 1.18 bits per heavy atom. The monoisotopic (exact) mass is 649 g/mol. The highest BCUT2D eigenvalue weighted by Crippen LogP contribution is 2.41. The zero-order chi connectivity index (χ0) is 33.5. The molecular formula is C48H31N3. The van der Waals surface area contributed by atoms with E-state index in [1.807, 2.05) is 0 Å². The quantitative estimate of drug-likeness (QED) is 0.180. The molecule has 0 fully saturated rings. The Morgan fingerprint density at radius 1 is 0.216 bits per heavy atom. The summed E-state index contributed by atoms with van der Waals surface area (Å²) in [6.45, 7) is 0. The van der Waals surface area contributed by atoms with E-state index < -0.39 is 0 Å². The highest BCUT2D eigenvalue weighted by Gasteiger charge is 2.19. The Bertz CT molecular complexity index is 3070. The number of nitrogens with zero attached hydrogens (tertiary/aromatic N) is 3. The second-order valence-electron chi connectivity index (χ2n) is 13.4. The normalized spacial score (nSPS) is 11.9. The van der Waals surface area contributed by atoms with Gasteiger partial charge in [-0.1, -0.05) is 115 Å². The molecule has 3 aromatic heterocycles. The molecule has 0 spiro atoms. The van der Waals surface area contributed by atoms with Gasteiger partial charge in [-0.25, -0.2) is 0 Å². The number of hydrogen-bond acceptors (Lipinski definition) is 0. The Labute approximate surface area is 294 Å². The lowest BCUT2D eigenvalue weighted by Gasteiger charge is -2.11. The Balaban J connectivity index is 1.17. The van der Waals surface area contributed by atoms with Gasteiger partial charge in [0.05, 0.1) is 33.1 Å². The van der Waals surface area contributed by atoms with Crippen molar-refractivity contribution >= 4 is 65.4 Å². The lowest BCUT2D eigenvalue weighted by molar-refractivity contribution is 1.17. The van der Waals surface area contributed by atoms with Gasteiger partial charge in [-0.05, 0) is 83.9 Å². The molecule has 0 saturated heterocycles. The maximum atomic E-state index is 2.44. The zero-order valence-electron chi connectivity index (χ0n) is 27.7. The van der Waals surface area contributed by atoms with E-state index >= 15 is 0 Å². The molecule has 51 heavy (non-hydrogen) atoms. The van der Waals surface area contributed by atoms with Crippen molar-refractivity contribution < 1.29 is 0 Å². The van der Waals surface area contributed by atoms with Gasteiger partial charge < -0.3 is 13.7 Å². The molecule has 11 rings (SSSR count). The van der Waals surface area contributed by atoms with Gasteiger partial charge in [-0.2, -0.15) is 0 Å². The van der Waals surface area contributed by atoms with Crippen LogP contribution in [0.4, 0.5) is 0 Å². The van der Waals surface area contributed by atoms with E-state index in [1.165, 1.54) is 82.2 Å². The second-order valence-corrected chi connectivity index (χ2v) is 13.4. The molecule has 3 heteroatoms. The van der Waals surface area contributed by atoms with Crippen LogP contribution in [0.15, 0.2) is 188 Å². The first-order valence-corrected chi connectivity index (χ1v) is 17.5. The molecule has 0 N–H and O–H groups in total. The summed E-state index contributed by atoms with van der Waals surface area (Å²) in [6, 6.07) is 68.4. The Kier molecular flexibility index (Phi) is 5.96. The summed E-state index contributed by atoms with van der Waals surface area (Å²) in [5.74, 6) is 0. The maximum absolute atomic E-state index is 2.44. The molecule has 0 saturated carbocycles. The van der Waals surface area contributed by atoms with Gasteiger partial charge in [0.1, 0.15) is 0 Å². The summed E-state index contributed by atoms with van der Waals surface area (Å²) >= 11 is 0. The first-order chi connectivity index (χ1) is 25.3. The first kappa shape index (κ1) is 28.0. The van der Waals surface area contributed by atoms with Crippen LogP contribution in [-0.2, 0) is 0 Å². The minimum Gasteiger partial charge on any atom is -0.309 e. The molecule has 0 aliphatic rings. The summed E-state index contributed by atoms with van der Waals surface area (Å²) in [5, 5.41) is 7.53. The van der Waals surface area contributed by atoms with Gasteiger partial charge in [0, 0.05) is 49.4 Å². The predicted molar refractivity (Wildman–Crippen MR) is 215 cm³/mol. The third kappa shape index (κ3) is 4.12. The fourth-order valence-corrected chi connectivity index (χ4v) is 8.39. The molecule has 0 unspecified atom stereocenters. The molecule has 0 aliphatic heterocycles. The van der Waals surface area contributed by atoms with Gasteiger partial charge >= 0.3 is 0 Å². The molecule has 0 bridgehead atoms. The Morgan fingerprint density at radius 2 is 0.608 bits per heavy atom. The molecule has 0 atom stereocenters. The lowest BCUT2D eigenvalue weighted by atomic mass is 10.0. The van der Waals surface area contributed by atoms with E-state index in [4.69, 9.17) is 0 Å². The van der Waals surface area contributed by atoms with Crippen LogP contribution in [0.25, 0.3) is 93.6 Å². The van der Waals surface area contributed by atoms with Crippen molar-refractivity contribution in [2.75, 3.05) is 0 Å². The first-order valence-electron chi connectivity index (χ1n) is 17.5. The summed E-state index contributed by atoms with van der Waals surface area (Å²) in [7, 11) is 0. The molecule has 0 radical (unpaired) electrons. The third-order valence-corrected chi connectivity index (χ3v) is 10.6. The SMILES string of the molecule is c1ccc(-n2c3ccccc3c3cc4c(cc32)c2ccc(-c3cccc(-n5c6ccccc6c6ccccc65)c3)cc2n4-c2ccccc2)cc1. The maximum Gasteiger partial charge on any atom is 0.0548 e. The second kappa shape index (κ2) is 10.8. The minimum absolute atomic E-state index is 1.15. The Hall–Kier alpha value is -6.84. The predicted octanol–water partition coefficient (Wildman–Crippen LogP) is 12.6. The van der Waals surface area contributed by atoms with Crippen molar-refractivity contribution in [1.82, 2.24) is 13.7 Å². The van der Waals surface area contributed by atoms with Crippen LogP contribution in [-0.4, -0.2) is 13.7 Å². The van der Waals surface area contributed by atoms with Crippen LogP contribution < -0.4 is 0 Å². The summed E-state index contributed by atoms with van der Waals surface area (Å²) in [5.41, 5.74) is 13.1. The number of rotatable bonds is 4. The topological polar surface area (TPSA) is 14.8 Å². The molecular weight excluding hydrogens is 619 g/mol. The van der Waals surface area contributed by atoms with Gasteiger partial charge in [0.15, 0.2) is 0 Å². The van der Waals surface area contributed by atoms with Crippen molar-refractivity contribution in [3.63, 3.8) is 0 Å². The van der Waals surface area contributed by atoms with Crippen LogP contribution in [0.2, 0.25) is 0 Å². The van der Waals surface area contributed by atoms with Gasteiger partial charge in [-0.3, -0.25) is 0 Å². The molecule has 11 aromatic rings. The van der Waals surface area contributed by atoms with Crippen molar-refractivity contribution in [2.24, 2.45) is 0 Å². The smallest absolute Gasteiger partial charge is 0.0548 e. The minimum atomic E-state index is 1.15.